The van der Waals surface area contributed by atoms with Gasteiger partial charge in [-0.3, -0.25) is 4.79 Å². The smallest absolute Gasteiger partial charge is 0.243 e. The number of fused-ring (bicyclic) bond motifs is 1. The molecule has 0 atom stereocenters. The molecule has 1 aromatic heterocycles. The molecule has 1 N–H and O–H groups in total. The van der Waals surface area contributed by atoms with Crippen molar-refractivity contribution >= 4 is 26.9 Å². The van der Waals surface area contributed by atoms with Crippen LogP contribution in [0.1, 0.15) is 11.3 Å². The number of rotatable bonds is 6. The van der Waals surface area contributed by atoms with Crippen molar-refractivity contribution in [1.29, 1.82) is 0 Å². The van der Waals surface area contributed by atoms with Crippen molar-refractivity contribution in [2.45, 2.75) is 17.9 Å². The van der Waals surface area contributed by atoms with Crippen molar-refractivity contribution in [2.24, 2.45) is 0 Å². The highest BCUT2D eigenvalue weighted by Gasteiger charge is 2.26. The lowest BCUT2D eigenvalue weighted by Crippen LogP contribution is -2.40. The largest absolute Gasteiger partial charge is 0.379 e. The van der Waals surface area contributed by atoms with E-state index in [4.69, 9.17) is 9.26 Å². The van der Waals surface area contributed by atoms with Gasteiger partial charge in [-0.25, -0.2) is 8.42 Å². The minimum absolute atomic E-state index is 0.112. The number of nitrogens with one attached hydrogen (secondary N) is 1. The first kappa shape index (κ1) is 19.6. The normalized spacial score (nSPS) is 15.4. The molecule has 2 heterocycles. The molecule has 9 heteroatoms. The van der Waals surface area contributed by atoms with Gasteiger partial charge in [-0.05, 0) is 29.8 Å². The molecular weight excluding hydrogens is 394 g/mol. The third-order valence-electron chi connectivity index (χ3n) is 4.80. The maximum absolute atomic E-state index is 12.6. The van der Waals surface area contributed by atoms with Gasteiger partial charge in [-0.15, -0.1) is 0 Å². The average molecular weight is 415 g/mol. The van der Waals surface area contributed by atoms with Crippen LogP contribution >= 0.6 is 0 Å². The standard InChI is InChI=1S/C20H21N3O5S/c24-20(13-18-17-3-1-2-4-19(17)28-22-18)21-14-15-5-7-16(8-6-15)29(25,26)23-9-11-27-12-10-23/h1-8H,9-14H2,(H,21,24). The molecule has 1 amide bonds. The molecule has 0 saturated carbocycles. The van der Waals surface area contributed by atoms with Crippen LogP contribution in [0.2, 0.25) is 0 Å². The number of amides is 1. The van der Waals surface area contributed by atoms with Crippen molar-refractivity contribution in [2.75, 3.05) is 26.3 Å². The van der Waals surface area contributed by atoms with Crippen molar-refractivity contribution in [1.82, 2.24) is 14.8 Å². The van der Waals surface area contributed by atoms with E-state index in [1.54, 1.807) is 30.3 Å². The van der Waals surface area contributed by atoms with E-state index in [1.165, 1.54) is 4.31 Å². The van der Waals surface area contributed by atoms with Crippen LogP contribution in [-0.2, 0) is 32.5 Å². The highest BCUT2D eigenvalue weighted by molar-refractivity contribution is 7.89. The number of benzene rings is 2. The van der Waals surface area contributed by atoms with Crippen molar-refractivity contribution in [3.8, 4) is 0 Å². The van der Waals surface area contributed by atoms with Gasteiger partial charge in [0.25, 0.3) is 0 Å². The Morgan fingerprint density at radius 2 is 1.79 bits per heavy atom. The van der Waals surface area contributed by atoms with Crippen LogP contribution < -0.4 is 5.32 Å². The topological polar surface area (TPSA) is 102 Å². The predicted molar refractivity (Wildman–Crippen MR) is 106 cm³/mol. The number of hydrogen-bond acceptors (Lipinski definition) is 6. The van der Waals surface area contributed by atoms with E-state index in [0.29, 0.717) is 44.1 Å². The van der Waals surface area contributed by atoms with E-state index in [-0.39, 0.29) is 17.2 Å². The number of sulfonamides is 1. The van der Waals surface area contributed by atoms with Gasteiger partial charge in [0.05, 0.1) is 24.5 Å². The van der Waals surface area contributed by atoms with Gasteiger partial charge in [-0.2, -0.15) is 4.31 Å². The Hall–Kier alpha value is -2.75. The van der Waals surface area contributed by atoms with E-state index in [0.717, 1.165) is 10.9 Å². The third kappa shape index (κ3) is 4.31. The lowest BCUT2D eigenvalue weighted by atomic mass is 10.1. The van der Waals surface area contributed by atoms with E-state index >= 15 is 0 Å². The lowest BCUT2D eigenvalue weighted by Gasteiger charge is -2.26. The fraction of sp³-hybridized carbons (Fsp3) is 0.300. The van der Waals surface area contributed by atoms with Gasteiger partial charge in [0.1, 0.15) is 5.69 Å². The Morgan fingerprint density at radius 3 is 2.55 bits per heavy atom. The SMILES string of the molecule is O=C(Cc1noc2ccccc12)NCc1ccc(S(=O)(=O)N2CCOCC2)cc1. The van der Waals surface area contributed by atoms with Gasteiger partial charge in [-0.1, -0.05) is 29.4 Å². The zero-order chi connectivity index (χ0) is 20.3. The second kappa shape index (κ2) is 8.32. The maximum atomic E-state index is 12.6. The fourth-order valence-corrected chi connectivity index (χ4v) is 4.60. The number of carbonyl (C=O) groups excluding carboxylic acids is 1. The second-order valence-electron chi connectivity index (χ2n) is 6.74. The lowest BCUT2D eigenvalue weighted by molar-refractivity contribution is -0.120. The molecule has 152 valence electrons. The summed E-state index contributed by atoms with van der Waals surface area (Å²) in [5.41, 5.74) is 2.04. The molecule has 29 heavy (non-hydrogen) atoms. The van der Waals surface area contributed by atoms with Crippen LogP contribution in [0.3, 0.4) is 0 Å². The summed E-state index contributed by atoms with van der Waals surface area (Å²) in [6.45, 7) is 1.83. The Bertz CT molecular complexity index is 1100. The molecule has 1 aliphatic rings. The maximum Gasteiger partial charge on any atom is 0.243 e. The van der Waals surface area contributed by atoms with Crippen LogP contribution in [-0.4, -0.2) is 50.1 Å². The number of aromatic nitrogens is 1. The molecule has 0 spiro atoms. The van der Waals surface area contributed by atoms with E-state index in [2.05, 4.69) is 10.5 Å². The number of hydrogen-bond donors (Lipinski definition) is 1. The molecular formula is C20H21N3O5S. The zero-order valence-corrected chi connectivity index (χ0v) is 16.5. The molecule has 0 bridgehead atoms. The number of nitrogens with zero attached hydrogens (tertiary/aromatic N) is 2. The molecule has 0 radical (unpaired) electrons. The number of ether oxygens (including phenoxy) is 1. The molecule has 4 rings (SSSR count). The van der Waals surface area contributed by atoms with Crippen LogP contribution in [0, 0.1) is 0 Å². The fourth-order valence-electron chi connectivity index (χ4n) is 3.20. The van der Waals surface area contributed by atoms with Gasteiger partial charge in [0, 0.05) is 25.0 Å². The summed E-state index contributed by atoms with van der Waals surface area (Å²) in [6, 6.07) is 13.9. The highest BCUT2D eigenvalue weighted by atomic mass is 32.2. The minimum Gasteiger partial charge on any atom is -0.379 e. The first-order chi connectivity index (χ1) is 14.0. The van der Waals surface area contributed by atoms with Crippen LogP contribution in [0.15, 0.2) is 57.9 Å². The quantitative estimate of drug-likeness (QED) is 0.658. The monoisotopic (exact) mass is 415 g/mol. The molecule has 8 nitrogen and oxygen atoms in total. The van der Waals surface area contributed by atoms with Crippen molar-refractivity contribution in [3.63, 3.8) is 0 Å². The first-order valence-corrected chi connectivity index (χ1v) is 10.7. The van der Waals surface area contributed by atoms with Crippen LogP contribution in [0.4, 0.5) is 0 Å². The Kier molecular flexibility index (Phi) is 5.61. The first-order valence-electron chi connectivity index (χ1n) is 9.31. The minimum atomic E-state index is -3.52. The van der Waals surface area contributed by atoms with Gasteiger partial charge < -0.3 is 14.6 Å². The Labute approximate surface area is 168 Å². The van der Waals surface area contributed by atoms with Gasteiger partial charge >= 0.3 is 0 Å². The summed E-state index contributed by atoms with van der Waals surface area (Å²) in [4.78, 5) is 12.5. The van der Waals surface area contributed by atoms with Gasteiger partial charge in [0.15, 0.2) is 5.58 Å². The summed E-state index contributed by atoms with van der Waals surface area (Å²) < 4.78 is 37.1. The molecule has 3 aromatic rings. The van der Waals surface area contributed by atoms with Crippen molar-refractivity contribution < 1.29 is 22.5 Å². The van der Waals surface area contributed by atoms with Crippen molar-refractivity contribution in [3.05, 3.63) is 59.8 Å². The highest BCUT2D eigenvalue weighted by Crippen LogP contribution is 2.19. The van der Waals surface area contributed by atoms with E-state index in [9.17, 15) is 13.2 Å². The average Bonchev–Trinajstić information content (AvgIpc) is 3.16. The summed E-state index contributed by atoms with van der Waals surface area (Å²) in [5, 5.41) is 7.60. The van der Waals surface area contributed by atoms with E-state index in [1.807, 2.05) is 18.2 Å². The summed E-state index contributed by atoms with van der Waals surface area (Å²) in [5.74, 6) is -0.186. The molecule has 0 aliphatic carbocycles. The molecule has 0 unspecified atom stereocenters. The third-order valence-corrected chi connectivity index (χ3v) is 6.71. The summed E-state index contributed by atoms with van der Waals surface area (Å²) >= 11 is 0. The molecule has 1 fully saturated rings. The van der Waals surface area contributed by atoms with Gasteiger partial charge in [0.2, 0.25) is 15.9 Å². The summed E-state index contributed by atoms with van der Waals surface area (Å²) in [7, 11) is -3.52. The number of carbonyl (C=O) groups is 1. The van der Waals surface area contributed by atoms with E-state index < -0.39 is 10.0 Å². The molecule has 1 saturated heterocycles. The zero-order valence-electron chi connectivity index (χ0n) is 15.7. The Morgan fingerprint density at radius 1 is 1.07 bits per heavy atom. The number of morpholine rings is 1. The number of para-hydroxylation sites is 1. The predicted octanol–water partition coefficient (Wildman–Crippen LogP) is 1.71. The molecule has 1 aliphatic heterocycles. The summed E-state index contributed by atoms with van der Waals surface area (Å²) in [6.07, 6.45) is 0.112. The van der Waals surface area contributed by atoms with Crippen LogP contribution in [0.25, 0.3) is 11.0 Å². The molecule has 2 aromatic carbocycles. The van der Waals surface area contributed by atoms with Crippen LogP contribution in [0.5, 0.6) is 0 Å². The Balaban J connectivity index is 1.36. The second-order valence-corrected chi connectivity index (χ2v) is 8.68.